The van der Waals surface area contributed by atoms with Crippen LogP contribution < -0.4 is 20.0 Å². The summed E-state index contributed by atoms with van der Waals surface area (Å²) in [5.41, 5.74) is 3.22. The Hall–Kier alpha value is -3.03. The molecule has 0 saturated carbocycles. The van der Waals surface area contributed by atoms with Crippen LogP contribution in [0.15, 0.2) is 30.5 Å². The smallest absolute Gasteiger partial charge is 0.229 e. The molecule has 8 heteroatoms. The van der Waals surface area contributed by atoms with Gasteiger partial charge in [-0.25, -0.2) is 4.98 Å². The van der Waals surface area contributed by atoms with Gasteiger partial charge in [0.1, 0.15) is 0 Å². The van der Waals surface area contributed by atoms with Crippen molar-refractivity contribution >= 4 is 34.7 Å². The summed E-state index contributed by atoms with van der Waals surface area (Å²) in [5, 5.41) is 3.36. The average molecular weight is 424 g/mol. The molecule has 8 nitrogen and oxygen atoms in total. The summed E-state index contributed by atoms with van der Waals surface area (Å²) in [6, 6.07) is 8.84. The molecule has 0 unspecified atom stereocenters. The first-order chi connectivity index (χ1) is 15.0. The lowest BCUT2D eigenvalue weighted by molar-refractivity contribution is -0.129. The molecule has 3 heterocycles. The first-order valence-electron chi connectivity index (χ1n) is 11.2. The van der Waals surface area contributed by atoms with Crippen molar-refractivity contribution in [2.75, 3.05) is 59.9 Å². The van der Waals surface area contributed by atoms with E-state index in [4.69, 9.17) is 4.98 Å². The van der Waals surface area contributed by atoms with Gasteiger partial charge in [0.05, 0.1) is 18.6 Å². The maximum Gasteiger partial charge on any atom is 0.229 e. The van der Waals surface area contributed by atoms with Crippen LogP contribution in [0.3, 0.4) is 0 Å². The van der Waals surface area contributed by atoms with Gasteiger partial charge in [0.2, 0.25) is 11.9 Å². The fraction of sp³-hybridized carbons (Fsp3) is 0.522. The van der Waals surface area contributed by atoms with E-state index in [9.17, 15) is 4.79 Å². The van der Waals surface area contributed by atoms with Gasteiger partial charge in [-0.05, 0) is 37.1 Å². The predicted molar refractivity (Wildman–Crippen MR) is 126 cm³/mol. The zero-order valence-electron chi connectivity index (χ0n) is 19.0. The first-order valence-corrected chi connectivity index (χ1v) is 11.2. The van der Waals surface area contributed by atoms with Crippen molar-refractivity contribution in [1.29, 1.82) is 0 Å². The average Bonchev–Trinajstić information content (AvgIpc) is 3.11. The molecule has 0 radical (unpaired) electrons. The molecular formula is C23H33N7O. The molecule has 31 heavy (non-hydrogen) atoms. The van der Waals surface area contributed by atoms with Gasteiger partial charge in [0.15, 0.2) is 5.82 Å². The highest BCUT2D eigenvalue weighted by Crippen LogP contribution is 2.36. The second-order valence-corrected chi connectivity index (χ2v) is 8.35. The monoisotopic (exact) mass is 423 g/mol. The Morgan fingerprint density at radius 1 is 1.10 bits per heavy atom. The number of anilines is 5. The Bertz CT molecular complexity index is 905. The number of nitrogens with zero attached hydrogens (tertiary/aromatic N) is 6. The number of hydrogen-bond acceptors (Lipinski definition) is 7. The van der Waals surface area contributed by atoms with Crippen molar-refractivity contribution in [3.8, 4) is 0 Å². The predicted octanol–water partition coefficient (Wildman–Crippen LogP) is 3.29. The fourth-order valence-corrected chi connectivity index (χ4v) is 4.46. The van der Waals surface area contributed by atoms with Crippen LogP contribution in [-0.4, -0.2) is 66.7 Å². The van der Waals surface area contributed by atoms with E-state index in [2.05, 4.69) is 70.2 Å². The molecule has 2 aliphatic rings. The highest BCUT2D eigenvalue weighted by Gasteiger charge is 2.29. The van der Waals surface area contributed by atoms with Crippen LogP contribution in [0.25, 0.3) is 0 Å². The summed E-state index contributed by atoms with van der Waals surface area (Å²) >= 11 is 0. The minimum absolute atomic E-state index is 0.155. The third-order valence-corrected chi connectivity index (χ3v) is 6.39. The van der Waals surface area contributed by atoms with Gasteiger partial charge in [-0.1, -0.05) is 13.8 Å². The fourth-order valence-electron chi connectivity index (χ4n) is 4.46. The molecule has 1 fully saturated rings. The van der Waals surface area contributed by atoms with Gasteiger partial charge in [0, 0.05) is 57.6 Å². The van der Waals surface area contributed by atoms with Crippen LogP contribution in [0.2, 0.25) is 0 Å². The summed E-state index contributed by atoms with van der Waals surface area (Å²) in [6.07, 6.45) is 4.10. The Balaban J connectivity index is 1.44. The lowest BCUT2D eigenvalue weighted by Crippen LogP contribution is -2.48. The topological polar surface area (TPSA) is 67.8 Å². The van der Waals surface area contributed by atoms with E-state index >= 15 is 0 Å². The highest BCUT2D eigenvalue weighted by atomic mass is 16.2. The van der Waals surface area contributed by atoms with E-state index in [0.717, 1.165) is 62.9 Å². The molecule has 1 aromatic heterocycles. The lowest BCUT2D eigenvalue weighted by Gasteiger charge is -2.35. The van der Waals surface area contributed by atoms with E-state index in [1.807, 2.05) is 11.1 Å². The minimum atomic E-state index is 0.155. The molecule has 1 amide bonds. The third-order valence-electron chi connectivity index (χ3n) is 6.39. The second-order valence-electron chi connectivity index (χ2n) is 8.35. The Kier molecular flexibility index (Phi) is 6.15. The van der Waals surface area contributed by atoms with Gasteiger partial charge < -0.3 is 24.9 Å². The maximum absolute atomic E-state index is 11.5. The van der Waals surface area contributed by atoms with E-state index in [-0.39, 0.29) is 5.91 Å². The van der Waals surface area contributed by atoms with E-state index < -0.39 is 0 Å². The molecule has 2 aromatic rings. The largest absolute Gasteiger partial charge is 0.368 e. The number of carbonyl (C=O) groups is 1. The maximum atomic E-state index is 11.5. The summed E-state index contributed by atoms with van der Waals surface area (Å²) in [6.45, 7) is 10.2. The number of aromatic nitrogens is 2. The number of amides is 1. The van der Waals surface area contributed by atoms with Gasteiger partial charge in [-0.3, -0.25) is 4.79 Å². The normalized spacial score (nSPS) is 16.2. The van der Waals surface area contributed by atoms with Crippen molar-refractivity contribution < 1.29 is 4.79 Å². The Morgan fingerprint density at radius 2 is 1.77 bits per heavy atom. The van der Waals surface area contributed by atoms with Crippen molar-refractivity contribution in [2.24, 2.45) is 0 Å². The Morgan fingerprint density at radius 3 is 2.39 bits per heavy atom. The number of fused-ring (bicyclic) bond motifs is 1. The zero-order valence-corrected chi connectivity index (χ0v) is 19.0. The first kappa shape index (κ1) is 21.2. The van der Waals surface area contributed by atoms with Crippen molar-refractivity contribution in [3.63, 3.8) is 0 Å². The van der Waals surface area contributed by atoms with Gasteiger partial charge >= 0.3 is 0 Å². The van der Waals surface area contributed by atoms with Gasteiger partial charge in [0.25, 0.3) is 0 Å². The number of benzene rings is 1. The van der Waals surface area contributed by atoms with Crippen molar-refractivity contribution in [1.82, 2.24) is 14.9 Å². The minimum Gasteiger partial charge on any atom is -0.368 e. The van der Waals surface area contributed by atoms with Gasteiger partial charge in [-0.2, -0.15) is 4.98 Å². The number of carbonyl (C=O) groups excluding carboxylic acids is 1. The van der Waals surface area contributed by atoms with E-state index in [0.29, 0.717) is 12.0 Å². The molecule has 166 valence electrons. The molecule has 1 aromatic carbocycles. The van der Waals surface area contributed by atoms with Crippen LogP contribution >= 0.6 is 0 Å². The van der Waals surface area contributed by atoms with Crippen molar-refractivity contribution in [2.45, 2.75) is 39.7 Å². The zero-order chi connectivity index (χ0) is 22.0. The second kappa shape index (κ2) is 8.99. The van der Waals surface area contributed by atoms with E-state index in [1.165, 1.54) is 5.69 Å². The van der Waals surface area contributed by atoms with E-state index in [1.54, 1.807) is 6.92 Å². The van der Waals surface area contributed by atoms with Crippen LogP contribution in [0.1, 0.15) is 33.6 Å². The summed E-state index contributed by atoms with van der Waals surface area (Å²) < 4.78 is 0. The van der Waals surface area contributed by atoms with Gasteiger partial charge in [-0.15, -0.1) is 0 Å². The molecule has 0 atom stereocenters. The molecule has 1 saturated heterocycles. The number of rotatable bonds is 6. The van der Waals surface area contributed by atoms with Crippen molar-refractivity contribution in [3.05, 3.63) is 30.5 Å². The number of hydrogen-bond donors (Lipinski definition) is 1. The summed E-state index contributed by atoms with van der Waals surface area (Å²) in [5.74, 6) is 1.78. The molecule has 0 spiro atoms. The lowest BCUT2D eigenvalue weighted by atomic mass is 10.1. The molecule has 4 rings (SSSR count). The van der Waals surface area contributed by atoms with Crippen LogP contribution in [0, 0.1) is 0 Å². The number of piperazine rings is 1. The quantitative estimate of drug-likeness (QED) is 0.765. The Labute approximate surface area is 184 Å². The summed E-state index contributed by atoms with van der Waals surface area (Å²) in [4.78, 5) is 29.7. The molecule has 2 aliphatic heterocycles. The van der Waals surface area contributed by atoms with Crippen LogP contribution in [-0.2, 0) is 4.79 Å². The third kappa shape index (κ3) is 4.38. The molecule has 0 aliphatic carbocycles. The van der Waals surface area contributed by atoms with Crippen LogP contribution in [0.5, 0.6) is 0 Å². The molecular weight excluding hydrogens is 390 g/mol. The SMILES string of the molecule is CCC(CC)N1CN(C)c2cnc(Nc3ccc(N4CCN(C(C)=O)CC4)cc3)nc21. The standard InChI is InChI=1S/C23H33N7O/c1-5-19(6-2)30-16-27(4)21-15-24-23(26-22(21)30)25-18-7-9-20(10-8-18)29-13-11-28(12-14-29)17(3)31/h7-10,15,19H,5-6,11-14,16H2,1-4H3,(H,24,25,26). The molecule has 1 N–H and O–H groups in total. The highest BCUT2D eigenvalue weighted by molar-refractivity contribution is 5.74. The molecule has 0 bridgehead atoms. The summed E-state index contributed by atoms with van der Waals surface area (Å²) in [7, 11) is 2.09. The number of nitrogens with one attached hydrogen (secondary N) is 1. The van der Waals surface area contributed by atoms with Crippen LogP contribution in [0.4, 0.5) is 28.8 Å².